The van der Waals surface area contributed by atoms with Crippen LogP contribution in [0.1, 0.15) is 13.3 Å². The molecule has 0 aromatic rings. The Kier molecular flexibility index (Phi) is 4.77. The van der Waals surface area contributed by atoms with E-state index in [0.717, 1.165) is 0 Å². The molecule has 1 aliphatic heterocycles. The number of esters is 1. The van der Waals surface area contributed by atoms with Gasteiger partial charge in [-0.15, -0.1) is 0 Å². The standard InChI is InChI=1S/C10H14N2O5/c1-2-17-10(16)3-7(13)4-12-5-8(14)11-9(15)6-12/h2-6H2,1H3,(H,11,14,15). The summed E-state index contributed by atoms with van der Waals surface area (Å²) in [5.74, 6) is -1.84. The van der Waals surface area contributed by atoms with Gasteiger partial charge in [0.05, 0.1) is 26.2 Å². The quantitative estimate of drug-likeness (QED) is 0.357. The molecule has 1 rings (SSSR count). The second-order valence-corrected chi connectivity index (χ2v) is 3.64. The van der Waals surface area contributed by atoms with E-state index in [0.29, 0.717) is 0 Å². The van der Waals surface area contributed by atoms with Gasteiger partial charge in [-0.2, -0.15) is 0 Å². The van der Waals surface area contributed by atoms with E-state index in [1.807, 2.05) is 0 Å². The smallest absolute Gasteiger partial charge is 0.313 e. The van der Waals surface area contributed by atoms with Gasteiger partial charge < -0.3 is 4.74 Å². The van der Waals surface area contributed by atoms with Crippen LogP contribution in [0, 0.1) is 0 Å². The number of Topliss-reactive ketones (excluding diaryl/α,β-unsaturated/α-hetero) is 1. The molecule has 7 nitrogen and oxygen atoms in total. The predicted octanol–water partition coefficient (Wildman–Crippen LogP) is -1.53. The summed E-state index contributed by atoms with van der Waals surface area (Å²) in [5.41, 5.74) is 0. The van der Waals surface area contributed by atoms with Gasteiger partial charge in [0.2, 0.25) is 11.8 Å². The summed E-state index contributed by atoms with van der Waals surface area (Å²) in [4.78, 5) is 45.9. The molecule has 94 valence electrons. The van der Waals surface area contributed by atoms with Crippen molar-refractivity contribution >= 4 is 23.6 Å². The lowest BCUT2D eigenvalue weighted by molar-refractivity contribution is -0.145. The fourth-order valence-electron chi connectivity index (χ4n) is 1.49. The van der Waals surface area contributed by atoms with Gasteiger partial charge in [-0.05, 0) is 6.92 Å². The van der Waals surface area contributed by atoms with Crippen LogP contribution in [0.5, 0.6) is 0 Å². The molecule has 17 heavy (non-hydrogen) atoms. The third-order valence-corrected chi connectivity index (χ3v) is 2.06. The molecular formula is C10H14N2O5. The normalized spacial score (nSPS) is 16.5. The van der Waals surface area contributed by atoms with E-state index >= 15 is 0 Å². The van der Waals surface area contributed by atoms with Crippen molar-refractivity contribution in [2.24, 2.45) is 0 Å². The first-order valence-corrected chi connectivity index (χ1v) is 5.23. The molecule has 0 spiro atoms. The number of amides is 2. The highest BCUT2D eigenvalue weighted by molar-refractivity contribution is 6.01. The van der Waals surface area contributed by atoms with Crippen LogP contribution < -0.4 is 5.32 Å². The molecule has 0 radical (unpaired) electrons. The lowest BCUT2D eigenvalue weighted by atomic mass is 10.2. The van der Waals surface area contributed by atoms with Gasteiger partial charge in [-0.25, -0.2) is 0 Å². The second kappa shape index (κ2) is 6.09. The van der Waals surface area contributed by atoms with Crippen LogP contribution in [-0.4, -0.2) is 54.7 Å². The molecule has 0 saturated carbocycles. The van der Waals surface area contributed by atoms with Gasteiger partial charge >= 0.3 is 5.97 Å². The summed E-state index contributed by atoms with van der Waals surface area (Å²) in [5, 5.41) is 2.12. The minimum Gasteiger partial charge on any atom is -0.466 e. The van der Waals surface area contributed by atoms with Gasteiger partial charge in [-0.3, -0.25) is 29.4 Å². The summed E-state index contributed by atoms with van der Waals surface area (Å²) >= 11 is 0. The van der Waals surface area contributed by atoms with Crippen LogP contribution in [0.3, 0.4) is 0 Å². The molecule has 0 unspecified atom stereocenters. The van der Waals surface area contributed by atoms with Crippen molar-refractivity contribution in [3.8, 4) is 0 Å². The number of piperazine rings is 1. The van der Waals surface area contributed by atoms with Crippen molar-refractivity contribution < 1.29 is 23.9 Å². The van der Waals surface area contributed by atoms with Gasteiger partial charge in [0.25, 0.3) is 0 Å². The van der Waals surface area contributed by atoms with E-state index in [4.69, 9.17) is 0 Å². The highest BCUT2D eigenvalue weighted by atomic mass is 16.5. The largest absolute Gasteiger partial charge is 0.466 e. The Balaban J connectivity index is 2.37. The highest BCUT2D eigenvalue weighted by Crippen LogP contribution is 1.97. The number of carbonyl (C=O) groups excluding carboxylic acids is 4. The lowest BCUT2D eigenvalue weighted by Gasteiger charge is -2.24. The molecule has 0 atom stereocenters. The van der Waals surface area contributed by atoms with Gasteiger partial charge in [0.1, 0.15) is 6.42 Å². The second-order valence-electron chi connectivity index (χ2n) is 3.64. The number of hydrogen-bond donors (Lipinski definition) is 1. The maximum atomic E-state index is 11.4. The van der Waals surface area contributed by atoms with Crippen molar-refractivity contribution in [2.75, 3.05) is 26.2 Å². The van der Waals surface area contributed by atoms with Crippen molar-refractivity contribution in [1.82, 2.24) is 10.2 Å². The third-order valence-electron chi connectivity index (χ3n) is 2.06. The molecule has 0 aliphatic carbocycles. The first-order chi connectivity index (χ1) is 8.01. The minimum atomic E-state index is -0.592. The zero-order chi connectivity index (χ0) is 12.8. The molecule has 0 bridgehead atoms. The molecule has 1 N–H and O–H groups in total. The molecule has 1 heterocycles. The summed E-state index contributed by atoms with van der Waals surface area (Å²) in [6.07, 6.45) is -0.333. The first-order valence-electron chi connectivity index (χ1n) is 5.23. The molecule has 1 saturated heterocycles. The predicted molar refractivity (Wildman–Crippen MR) is 55.8 cm³/mol. The Hall–Kier alpha value is -1.76. The number of nitrogens with one attached hydrogen (secondary N) is 1. The summed E-state index contributed by atoms with van der Waals surface area (Å²) < 4.78 is 4.62. The van der Waals surface area contributed by atoms with Gasteiger partial charge in [0, 0.05) is 0 Å². The summed E-state index contributed by atoms with van der Waals surface area (Å²) in [7, 11) is 0. The SMILES string of the molecule is CCOC(=O)CC(=O)CN1CC(=O)NC(=O)C1. The fourth-order valence-corrected chi connectivity index (χ4v) is 1.49. The van der Waals surface area contributed by atoms with Gasteiger partial charge in [0.15, 0.2) is 5.78 Å². The van der Waals surface area contributed by atoms with E-state index in [1.54, 1.807) is 6.92 Å². The number of nitrogens with zero attached hydrogens (tertiary/aromatic N) is 1. The maximum Gasteiger partial charge on any atom is 0.313 e. The molecule has 0 aromatic heterocycles. The van der Waals surface area contributed by atoms with Crippen molar-refractivity contribution in [3.63, 3.8) is 0 Å². The molecule has 1 aliphatic rings. The van der Waals surface area contributed by atoms with Crippen molar-refractivity contribution in [2.45, 2.75) is 13.3 Å². The van der Waals surface area contributed by atoms with E-state index in [2.05, 4.69) is 10.1 Å². The number of imide groups is 1. The molecular weight excluding hydrogens is 228 g/mol. The first kappa shape index (κ1) is 13.3. The number of rotatable bonds is 5. The number of ketones is 1. The Morgan fingerprint density at radius 3 is 2.41 bits per heavy atom. The zero-order valence-electron chi connectivity index (χ0n) is 9.52. The Bertz CT molecular complexity index is 337. The average molecular weight is 242 g/mol. The third kappa shape index (κ3) is 4.73. The van der Waals surface area contributed by atoms with Crippen LogP contribution in [0.2, 0.25) is 0 Å². The minimum absolute atomic E-state index is 0.0136. The molecule has 2 amide bonds. The summed E-state index contributed by atoms with van der Waals surface area (Å²) in [6, 6.07) is 0. The topological polar surface area (TPSA) is 92.8 Å². The van der Waals surface area contributed by atoms with Crippen LogP contribution >= 0.6 is 0 Å². The van der Waals surface area contributed by atoms with Crippen LogP contribution in [0.25, 0.3) is 0 Å². The molecule has 7 heteroatoms. The van der Waals surface area contributed by atoms with E-state index in [1.165, 1.54) is 4.90 Å². The van der Waals surface area contributed by atoms with Gasteiger partial charge in [-0.1, -0.05) is 0 Å². The molecule has 1 fully saturated rings. The average Bonchev–Trinajstić information content (AvgIpc) is 2.14. The highest BCUT2D eigenvalue weighted by Gasteiger charge is 2.24. The number of carbonyl (C=O) groups is 4. The monoisotopic (exact) mass is 242 g/mol. The summed E-state index contributed by atoms with van der Waals surface area (Å²) in [6.45, 7) is 1.74. The van der Waals surface area contributed by atoms with Crippen molar-refractivity contribution in [3.05, 3.63) is 0 Å². The van der Waals surface area contributed by atoms with E-state index in [-0.39, 0.29) is 38.4 Å². The van der Waals surface area contributed by atoms with Crippen LogP contribution in [0.4, 0.5) is 0 Å². The maximum absolute atomic E-state index is 11.4. The Labute approximate surface area is 98.1 Å². The number of hydrogen-bond acceptors (Lipinski definition) is 6. The fraction of sp³-hybridized carbons (Fsp3) is 0.600. The zero-order valence-corrected chi connectivity index (χ0v) is 9.52. The van der Waals surface area contributed by atoms with E-state index < -0.39 is 17.8 Å². The van der Waals surface area contributed by atoms with Crippen LogP contribution in [-0.2, 0) is 23.9 Å². The Morgan fingerprint density at radius 1 is 1.29 bits per heavy atom. The number of ether oxygens (including phenoxy) is 1. The van der Waals surface area contributed by atoms with E-state index in [9.17, 15) is 19.2 Å². The molecule has 0 aromatic carbocycles. The lowest BCUT2D eigenvalue weighted by Crippen LogP contribution is -2.52. The Morgan fingerprint density at radius 2 is 1.88 bits per heavy atom. The van der Waals surface area contributed by atoms with Crippen molar-refractivity contribution in [1.29, 1.82) is 0 Å². The van der Waals surface area contributed by atoms with Crippen LogP contribution in [0.15, 0.2) is 0 Å².